The van der Waals surface area contributed by atoms with Crippen LogP contribution in [0.4, 0.5) is 11.4 Å². The number of fused-ring (bicyclic) bond motifs is 1. The number of rotatable bonds is 4. The highest BCUT2D eigenvalue weighted by Gasteiger charge is 2.11. The maximum absolute atomic E-state index is 11.3. The van der Waals surface area contributed by atoms with E-state index in [1.165, 1.54) is 24.3 Å². The molecule has 3 aromatic carbocycles. The number of azo groups is 1. The van der Waals surface area contributed by atoms with Gasteiger partial charge in [0.15, 0.2) is 12.0 Å². The van der Waals surface area contributed by atoms with Crippen molar-refractivity contribution in [1.29, 1.82) is 0 Å². The highest BCUT2D eigenvalue weighted by molar-refractivity contribution is 6.03. The van der Waals surface area contributed by atoms with Crippen molar-refractivity contribution in [2.45, 2.75) is 0 Å². The SMILES string of the molecule is O=Cc1c(O)c(N=Nc2ccc(C(=O)O)cc2)cc2ccccc12. The van der Waals surface area contributed by atoms with Gasteiger partial charge in [-0.3, -0.25) is 4.79 Å². The number of phenols is 1. The number of aromatic hydroxyl groups is 1. The van der Waals surface area contributed by atoms with Crippen molar-refractivity contribution in [1.82, 2.24) is 0 Å². The molecule has 118 valence electrons. The first-order valence-corrected chi connectivity index (χ1v) is 7.05. The Morgan fingerprint density at radius 3 is 2.38 bits per heavy atom. The Kier molecular flexibility index (Phi) is 4.03. The van der Waals surface area contributed by atoms with Crippen LogP contribution in [0.2, 0.25) is 0 Å². The minimum absolute atomic E-state index is 0.144. The molecule has 0 saturated heterocycles. The van der Waals surface area contributed by atoms with Crippen molar-refractivity contribution in [2.75, 3.05) is 0 Å². The van der Waals surface area contributed by atoms with E-state index in [4.69, 9.17) is 5.11 Å². The van der Waals surface area contributed by atoms with Crippen molar-refractivity contribution in [2.24, 2.45) is 10.2 Å². The van der Waals surface area contributed by atoms with Crippen LogP contribution in [-0.4, -0.2) is 22.5 Å². The second kappa shape index (κ2) is 6.29. The molecule has 0 spiro atoms. The minimum atomic E-state index is -1.03. The molecule has 3 aromatic rings. The normalized spacial score (nSPS) is 11.0. The summed E-state index contributed by atoms with van der Waals surface area (Å²) in [5.74, 6) is -1.27. The van der Waals surface area contributed by atoms with Crippen molar-refractivity contribution >= 4 is 34.4 Å². The number of hydrogen-bond acceptors (Lipinski definition) is 5. The third-order valence-electron chi connectivity index (χ3n) is 3.55. The van der Waals surface area contributed by atoms with E-state index in [9.17, 15) is 14.7 Å². The monoisotopic (exact) mass is 320 g/mol. The fourth-order valence-electron chi connectivity index (χ4n) is 2.33. The molecule has 0 aliphatic heterocycles. The summed E-state index contributed by atoms with van der Waals surface area (Å²) < 4.78 is 0. The van der Waals surface area contributed by atoms with Crippen LogP contribution in [0.15, 0.2) is 64.8 Å². The summed E-state index contributed by atoms with van der Waals surface area (Å²) in [6.45, 7) is 0. The molecule has 0 amide bonds. The zero-order valence-corrected chi connectivity index (χ0v) is 12.4. The van der Waals surface area contributed by atoms with Crippen LogP contribution in [0.5, 0.6) is 5.75 Å². The summed E-state index contributed by atoms with van der Waals surface area (Å²) in [6.07, 6.45) is 0.582. The Bertz CT molecular complexity index is 963. The lowest BCUT2D eigenvalue weighted by atomic mass is 10.0. The summed E-state index contributed by atoms with van der Waals surface area (Å²) >= 11 is 0. The molecule has 0 atom stereocenters. The number of nitrogens with zero attached hydrogens (tertiary/aromatic N) is 2. The molecule has 0 heterocycles. The van der Waals surface area contributed by atoms with Gasteiger partial charge in [0, 0.05) is 0 Å². The molecule has 0 fully saturated rings. The van der Waals surface area contributed by atoms with Crippen LogP contribution >= 0.6 is 0 Å². The number of aldehydes is 1. The number of aromatic carboxylic acids is 1. The van der Waals surface area contributed by atoms with Crippen LogP contribution in [0, 0.1) is 0 Å². The molecule has 2 N–H and O–H groups in total. The fourth-order valence-corrected chi connectivity index (χ4v) is 2.33. The Morgan fingerprint density at radius 1 is 1.00 bits per heavy atom. The van der Waals surface area contributed by atoms with E-state index in [0.29, 0.717) is 17.4 Å². The third-order valence-corrected chi connectivity index (χ3v) is 3.55. The lowest BCUT2D eigenvalue weighted by Gasteiger charge is -2.06. The average Bonchev–Trinajstić information content (AvgIpc) is 2.60. The van der Waals surface area contributed by atoms with E-state index in [1.807, 2.05) is 12.1 Å². The molecule has 0 unspecified atom stereocenters. The summed E-state index contributed by atoms with van der Waals surface area (Å²) in [7, 11) is 0. The molecule has 6 heteroatoms. The van der Waals surface area contributed by atoms with Crippen LogP contribution in [0.3, 0.4) is 0 Å². The molecule has 0 aliphatic carbocycles. The second-order valence-corrected chi connectivity index (χ2v) is 5.05. The predicted octanol–water partition coefficient (Wildman–Crippen LogP) is 4.47. The van der Waals surface area contributed by atoms with Gasteiger partial charge in [-0.15, -0.1) is 5.11 Å². The highest BCUT2D eigenvalue weighted by Crippen LogP contribution is 2.36. The van der Waals surface area contributed by atoms with E-state index in [0.717, 1.165) is 5.39 Å². The van der Waals surface area contributed by atoms with E-state index in [-0.39, 0.29) is 22.6 Å². The number of carbonyl (C=O) groups excluding carboxylic acids is 1. The number of carboxylic acids is 1. The topological polar surface area (TPSA) is 99.3 Å². The molecule has 0 aliphatic rings. The van der Waals surface area contributed by atoms with Crippen molar-refractivity contribution < 1.29 is 19.8 Å². The van der Waals surface area contributed by atoms with Gasteiger partial charge < -0.3 is 10.2 Å². The smallest absolute Gasteiger partial charge is 0.335 e. The molecule has 0 aromatic heterocycles. The van der Waals surface area contributed by atoms with Gasteiger partial charge in [0.25, 0.3) is 0 Å². The van der Waals surface area contributed by atoms with Gasteiger partial charge in [-0.1, -0.05) is 24.3 Å². The minimum Gasteiger partial charge on any atom is -0.505 e. The van der Waals surface area contributed by atoms with Gasteiger partial charge in [-0.25, -0.2) is 4.79 Å². The van der Waals surface area contributed by atoms with Crippen LogP contribution in [0.1, 0.15) is 20.7 Å². The molecule has 3 rings (SSSR count). The summed E-state index contributed by atoms with van der Waals surface area (Å²) in [4.78, 5) is 22.1. The molecule has 0 radical (unpaired) electrons. The highest BCUT2D eigenvalue weighted by atomic mass is 16.4. The first-order valence-electron chi connectivity index (χ1n) is 7.05. The largest absolute Gasteiger partial charge is 0.505 e. The standard InChI is InChI=1S/C18H12N2O4/c21-10-15-14-4-2-1-3-12(14)9-16(17(15)22)20-19-13-7-5-11(6-8-13)18(23)24/h1-10,22H,(H,23,24). The average molecular weight is 320 g/mol. The number of benzene rings is 3. The van der Waals surface area contributed by atoms with Gasteiger partial charge in [-0.05, 0) is 41.1 Å². The van der Waals surface area contributed by atoms with Gasteiger partial charge >= 0.3 is 5.97 Å². The Morgan fingerprint density at radius 2 is 1.71 bits per heavy atom. The van der Waals surface area contributed by atoms with E-state index >= 15 is 0 Å². The number of carboxylic acid groups (broad SMARTS) is 1. The summed E-state index contributed by atoms with van der Waals surface area (Å²) in [5.41, 5.74) is 0.896. The third kappa shape index (κ3) is 2.85. The molecular formula is C18H12N2O4. The van der Waals surface area contributed by atoms with Crippen molar-refractivity contribution in [3.8, 4) is 5.75 Å². The zero-order valence-electron chi connectivity index (χ0n) is 12.4. The predicted molar refractivity (Wildman–Crippen MR) is 88.6 cm³/mol. The van der Waals surface area contributed by atoms with Crippen molar-refractivity contribution in [3.63, 3.8) is 0 Å². The van der Waals surface area contributed by atoms with Gasteiger partial charge in [0.2, 0.25) is 0 Å². The molecular weight excluding hydrogens is 308 g/mol. The zero-order chi connectivity index (χ0) is 17.1. The first-order chi connectivity index (χ1) is 11.6. The van der Waals surface area contributed by atoms with Gasteiger partial charge in [-0.2, -0.15) is 5.11 Å². The van der Waals surface area contributed by atoms with Crippen LogP contribution in [0.25, 0.3) is 10.8 Å². The van der Waals surface area contributed by atoms with Crippen molar-refractivity contribution in [3.05, 3.63) is 65.7 Å². The number of phenolic OH excluding ortho intramolecular Hbond substituents is 1. The molecule has 24 heavy (non-hydrogen) atoms. The molecule has 0 bridgehead atoms. The maximum Gasteiger partial charge on any atom is 0.335 e. The fraction of sp³-hybridized carbons (Fsp3) is 0. The van der Waals surface area contributed by atoms with Gasteiger partial charge in [0.05, 0.1) is 16.8 Å². The van der Waals surface area contributed by atoms with E-state index in [2.05, 4.69) is 10.2 Å². The number of hydrogen-bond donors (Lipinski definition) is 2. The Labute approximate surface area is 136 Å². The van der Waals surface area contributed by atoms with Gasteiger partial charge in [0.1, 0.15) is 5.69 Å². The lowest BCUT2D eigenvalue weighted by Crippen LogP contribution is -1.93. The quantitative estimate of drug-likeness (QED) is 0.547. The number of carbonyl (C=O) groups is 2. The second-order valence-electron chi connectivity index (χ2n) is 5.05. The maximum atomic E-state index is 11.3. The van der Waals surface area contributed by atoms with E-state index in [1.54, 1.807) is 18.2 Å². The summed E-state index contributed by atoms with van der Waals surface area (Å²) in [6, 6.07) is 14.6. The van der Waals surface area contributed by atoms with Crippen LogP contribution < -0.4 is 0 Å². The molecule has 0 saturated carbocycles. The Balaban J connectivity index is 2.01. The molecule has 6 nitrogen and oxygen atoms in total. The Hall–Kier alpha value is -3.54. The first kappa shape index (κ1) is 15.4. The van der Waals surface area contributed by atoms with E-state index < -0.39 is 5.97 Å². The lowest BCUT2D eigenvalue weighted by molar-refractivity contribution is 0.0696. The van der Waals surface area contributed by atoms with Crippen LogP contribution in [-0.2, 0) is 0 Å². The summed E-state index contributed by atoms with van der Waals surface area (Å²) in [5, 5.41) is 28.4.